The molecule has 1 saturated heterocycles. The first-order valence-corrected chi connectivity index (χ1v) is 10.2. The second kappa shape index (κ2) is 7.74. The smallest absolute Gasteiger partial charge is 0.270 e. The van der Waals surface area contributed by atoms with Crippen LogP contribution in [0.4, 0.5) is 5.69 Å². The van der Waals surface area contributed by atoms with Crippen LogP contribution in [0.1, 0.15) is 47.3 Å². The zero-order valence-corrected chi connectivity index (χ0v) is 17.2. The third-order valence-electron chi connectivity index (χ3n) is 5.82. The van der Waals surface area contributed by atoms with Crippen LogP contribution in [-0.4, -0.2) is 29.5 Å². The quantitative estimate of drug-likeness (QED) is 0.713. The summed E-state index contributed by atoms with van der Waals surface area (Å²) >= 11 is 0. The van der Waals surface area contributed by atoms with E-state index in [0.29, 0.717) is 25.2 Å². The number of amides is 2. The number of anilines is 1. The topological polar surface area (TPSA) is 54.3 Å². The van der Waals surface area contributed by atoms with Crippen molar-refractivity contribution < 1.29 is 9.59 Å². The van der Waals surface area contributed by atoms with Crippen molar-refractivity contribution in [3.63, 3.8) is 0 Å². The monoisotopic (exact) mass is 389 g/mol. The molecule has 1 fully saturated rings. The molecule has 1 atom stereocenters. The lowest BCUT2D eigenvalue weighted by atomic mass is 10.0. The maximum atomic E-state index is 13.3. The van der Waals surface area contributed by atoms with Gasteiger partial charge in [0, 0.05) is 31.9 Å². The van der Waals surface area contributed by atoms with E-state index in [-0.39, 0.29) is 17.7 Å². The van der Waals surface area contributed by atoms with E-state index < -0.39 is 0 Å². The van der Waals surface area contributed by atoms with Gasteiger partial charge in [0.25, 0.3) is 5.91 Å². The first-order valence-electron chi connectivity index (χ1n) is 10.2. The Morgan fingerprint density at radius 2 is 1.93 bits per heavy atom. The molecule has 0 unspecified atom stereocenters. The highest BCUT2D eigenvalue weighted by Gasteiger charge is 2.31. The minimum Gasteiger partial charge on any atom is -0.350 e. The lowest BCUT2D eigenvalue weighted by Gasteiger charge is -2.19. The fourth-order valence-electron chi connectivity index (χ4n) is 4.19. The van der Waals surface area contributed by atoms with E-state index in [1.54, 1.807) is 4.90 Å². The van der Waals surface area contributed by atoms with Crippen molar-refractivity contribution in [2.24, 2.45) is 7.05 Å². The molecule has 5 nitrogen and oxygen atoms in total. The summed E-state index contributed by atoms with van der Waals surface area (Å²) in [5.74, 6) is 0.151. The predicted octanol–water partition coefficient (Wildman–Crippen LogP) is 4.15. The molecule has 0 spiro atoms. The number of carbonyl (C=O) groups excluding carboxylic acids is 2. The number of aromatic nitrogens is 1. The van der Waals surface area contributed by atoms with Gasteiger partial charge in [0.15, 0.2) is 0 Å². The molecule has 0 aliphatic carbocycles. The Bertz CT molecular complexity index is 1070. The Balaban J connectivity index is 1.69. The van der Waals surface area contributed by atoms with E-state index in [1.165, 1.54) is 5.56 Å². The van der Waals surface area contributed by atoms with Crippen LogP contribution in [0.15, 0.2) is 48.5 Å². The Morgan fingerprint density at radius 3 is 2.62 bits per heavy atom. The SMILES string of the molecule is Cc1ccc2c(c1)c(N1CCCC1=O)c(C(=O)NC[C@H](C)c1ccccc1)n2C. The molecule has 5 heteroatoms. The van der Waals surface area contributed by atoms with Gasteiger partial charge < -0.3 is 14.8 Å². The summed E-state index contributed by atoms with van der Waals surface area (Å²) in [6.07, 6.45) is 1.36. The fraction of sp³-hybridized carbons (Fsp3) is 0.333. The van der Waals surface area contributed by atoms with Crippen LogP contribution in [0, 0.1) is 6.92 Å². The van der Waals surface area contributed by atoms with Crippen LogP contribution in [-0.2, 0) is 11.8 Å². The van der Waals surface area contributed by atoms with E-state index >= 15 is 0 Å². The Hall–Kier alpha value is -3.08. The molecule has 0 radical (unpaired) electrons. The Morgan fingerprint density at radius 1 is 1.17 bits per heavy atom. The summed E-state index contributed by atoms with van der Waals surface area (Å²) in [5, 5.41) is 4.06. The number of hydrogen-bond acceptors (Lipinski definition) is 2. The summed E-state index contributed by atoms with van der Waals surface area (Å²) in [5.41, 5.74) is 4.57. The van der Waals surface area contributed by atoms with E-state index in [9.17, 15) is 9.59 Å². The average Bonchev–Trinajstić information content (AvgIpc) is 3.26. The Labute approximate surface area is 171 Å². The van der Waals surface area contributed by atoms with Gasteiger partial charge in [-0.15, -0.1) is 0 Å². The summed E-state index contributed by atoms with van der Waals surface area (Å²) in [4.78, 5) is 27.6. The van der Waals surface area contributed by atoms with Crippen molar-refractivity contribution in [1.29, 1.82) is 0 Å². The summed E-state index contributed by atoms with van der Waals surface area (Å²) in [7, 11) is 1.90. The van der Waals surface area contributed by atoms with Crippen molar-refractivity contribution in [2.75, 3.05) is 18.0 Å². The van der Waals surface area contributed by atoms with Crippen LogP contribution in [0.5, 0.6) is 0 Å². The lowest BCUT2D eigenvalue weighted by Crippen LogP contribution is -2.32. The van der Waals surface area contributed by atoms with Gasteiger partial charge in [-0.25, -0.2) is 0 Å². The molecule has 150 valence electrons. The molecule has 0 bridgehead atoms. The number of benzene rings is 2. The summed E-state index contributed by atoms with van der Waals surface area (Å²) in [6, 6.07) is 16.3. The van der Waals surface area contributed by atoms with E-state index in [1.807, 2.05) is 48.9 Å². The highest BCUT2D eigenvalue weighted by Crippen LogP contribution is 2.36. The van der Waals surface area contributed by atoms with Crippen LogP contribution < -0.4 is 10.2 Å². The van der Waals surface area contributed by atoms with Gasteiger partial charge in [0.05, 0.1) is 11.2 Å². The highest BCUT2D eigenvalue weighted by atomic mass is 16.2. The number of nitrogens with one attached hydrogen (secondary N) is 1. The number of fused-ring (bicyclic) bond motifs is 1. The molecule has 3 aromatic rings. The van der Waals surface area contributed by atoms with E-state index in [0.717, 1.165) is 28.6 Å². The van der Waals surface area contributed by atoms with Crippen LogP contribution in [0.3, 0.4) is 0 Å². The van der Waals surface area contributed by atoms with Gasteiger partial charge in [-0.3, -0.25) is 9.59 Å². The van der Waals surface area contributed by atoms with E-state index in [2.05, 4.69) is 30.4 Å². The van der Waals surface area contributed by atoms with Gasteiger partial charge in [0.1, 0.15) is 5.69 Å². The molecular formula is C24H27N3O2. The van der Waals surface area contributed by atoms with Crippen molar-refractivity contribution in [3.8, 4) is 0 Å². The first-order chi connectivity index (χ1) is 14.0. The van der Waals surface area contributed by atoms with Gasteiger partial charge in [-0.2, -0.15) is 0 Å². The summed E-state index contributed by atoms with van der Waals surface area (Å²) < 4.78 is 1.91. The molecule has 1 aliphatic heterocycles. The Kier molecular flexibility index (Phi) is 5.14. The third-order valence-corrected chi connectivity index (χ3v) is 5.82. The van der Waals surface area contributed by atoms with Crippen LogP contribution in [0.2, 0.25) is 0 Å². The number of rotatable bonds is 5. The highest BCUT2D eigenvalue weighted by molar-refractivity contribution is 6.14. The molecule has 1 N–H and O–H groups in total. The molecule has 2 heterocycles. The molecule has 1 aliphatic rings. The molecule has 1 aromatic heterocycles. The largest absolute Gasteiger partial charge is 0.350 e. The minimum atomic E-state index is -0.140. The molecule has 2 amide bonds. The second-order valence-corrected chi connectivity index (χ2v) is 7.95. The second-order valence-electron chi connectivity index (χ2n) is 7.95. The zero-order chi connectivity index (χ0) is 20.5. The minimum absolute atomic E-state index is 0.0886. The van der Waals surface area contributed by atoms with Gasteiger partial charge in [-0.1, -0.05) is 48.9 Å². The average molecular weight is 389 g/mol. The molecule has 4 rings (SSSR count). The molecule has 0 saturated carbocycles. The van der Waals surface area contributed by atoms with Crippen molar-refractivity contribution >= 4 is 28.4 Å². The fourth-order valence-corrected chi connectivity index (χ4v) is 4.19. The molecular weight excluding hydrogens is 362 g/mol. The number of carbonyl (C=O) groups is 2. The standard InChI is InChI=1S/C24H27N3O2/c1-16-11-12-20-19(14-16)22(27-13-7-10-21(27)28)23(26(20)3)24(29)25-15-17(2)18-8-5-4-6-9-18/h4-6,8-9,11-12,14,17H,7,10,13,15H2,1-3H3,(H,25,29)/t17-/m0/s1. The normalized spacial score (nSPS) is 15.1. The molecule has 29 heavy (non-hydrogen) atoms. The van der Waals surface area contributed by atoms with Gasteiger partial charge >= 0.3 is 0 Å². The maximum absolute atomic E-state index is 13.3. The maximum Gasteiger partial charge on any atom is 0.270 e. The van der Waals surface area contributed by atoms with Crippen LogP contribution >= 0.6 is 0 Å². The van der Waals surface area contributed by atoms with Crippen molar-refractivity contribution in [2.45, 2.75) is 32.6 Å². The predicted molar refractivity (Wildman–Crippen MR) is 116 cm³/mol. The summed E-state index contributed by atoms with van der Waals surface area (Å²) in [6.45, 7) is 5.33. The van der Waals surface area contributed by atoms with Crippen LogP contribution in [0.25, 0.3) is 10.9 Å². The van der Waals surface area contributed by atoms with Gasteiger partial charge in [-0.05, 0) is 37.0 Å². The number of hydrogen-bond donors (Lipinski definition) is 1. The van der Waals surface area contributed by atoms with Crippen molar-refractivity contribution in [3.05, 3.63) is 65.4 Å². The third kappa shape index (κ3) is 3.53. The van der Waals surface area contributed by atoms with Crippen molar-refractivity contribution in [1.82, 2.24) is 9.88 Å². The molecule has 2 aromatic carbocycles. The lowest BCUT2D eigenvalue weighted by molar-refractivity contribution is -0.117. The zero-order valence-electron chi connectivity index (χ0n) is 17.2. The van der Waals surface area contributed by atoms with Gasteiger partial charge in [0.2, 0.25) is 5.91 Å². The number of aryl methyl sites for hydroxylation is 2. The first kappa shape index (κ1) is 19.2. The van der Waals surface area contributed by atoms with E-state index in [4.69, 9.17) is 0 Å². The number of nitrogens with zero attached hydrogens (tertiary/aromatic N) is 2.